The van der Waals surface area contributed by atoms with E-state index in [9.17, 15) is 0 Å². The summed E-state index contributed by atoms with van der Waals surface area (Å²) in [7, 11) is 2.31. The predicted molar refractivity (Wildman–Crippen MR) is 65.0 cm³/mol. The van der Waals surface area contributed by atoms with Crippen LogP contribution >= 0.6 is 0 Å². The highest BCUT2D eigenvalue weighted by molar-refractivity contribution is 4.76. The van der Waals surface area contributed by atoms with Crippen molar-refractivity contribution >= 4 is 0 Å². The number of hydrogen-bond acceptors (Lipinski definition) is 2. The van der Waals surface area contributed by atoms with Gasteiger partial charge in [-0.3, -0.25) is 0 Å². The molecule has 0 aromatic rings. The molecule has 1 heterocycles. The molecule has 0 amide bonds. The van der Waals surface area contributed by atoms with Gasteiger partial charge in [0.25, 0.3) is 0 Å². The van der Waals surface area contributed by atoms with Gasteiger partial charge in [-0.05, 0) is 57.8 Å². The maximum Gasteiger partial charge on any atom is 0.000661 e. The molecule has 1 aliphatic carbocycles. The molecule has 0 spiro atoms. The minimum atomic E-state index is 0.971. The Kier molecular flexibility index (Phi) is 4.45. The zero-order chi connectivity index (χ0) is 10.5. The lowest BCUT2D eigenvalue weighted by molar-refractivity contribution is 0.208. The van der Waals surface area contributed by atoms with Gasteiger partial charge in [-0.15, -0.1) is 0 Å². The van der Waals surface area contributed by atoms with Crippen LogP contribution in [0.2, 0.25) is 0 Å². The predicted octanol–water partition coefficient (Wildman–Crippen LogP) is 2.11. The van der Waals surface area contributed by atoms with Crippen LogP contribution in [0.3, 0.4) is 0 Å². The summed E-state index contributed by atoms with van der Waals surface area (Å²) in [6.45, 7) is 5.18. The number of rotatable bonds is 5. The van der Waals surface area contributed by atoms with E-state index in [1.165, 1.54) is 64.7 Å². The van der Waals surface area contributed by atoms with Gasteiger partial charge in [-0.1, -0.05) is 19.3 Å². The van der Waals surface area contributed by atoms with Gasteiger partial charge in [0.1, 0.15) is 0 Å². The highest BCUT2D eigenvalue weighted by Gasteiger charge is 2.18. The highest BCUT2D eigenvalue weighted by Crippen LogP contribution is 2.24. The molecule has 0 aromatic heterocycles. The van der Waals surface area contributed by atoms with Gasteiger partial charge >= 0.3 is 0 Å². The summed E-state index contributed by atoms with van der Waals surface area (Å²) in [6, 6.07) is 0. The molecule has 2 rings (SSSR count). The van der Waals surface area contributed by atoms with E-state index in [-0.39, 0.29) is 0 Å². The van der Waals surface area contributed by atoms with E-state index in [2.05, 4.69) is 17.3 Å². The Hall–Kier alpha value is -0.0800. The third kappa shape index (κ3) is 3.76. The summed E-state index contributed by atoms with van der Waals surface area (Å²) >= 11 is 0. The van der Waals surface area contributed by atoms with Crippen LogP contribution in [0, 0.1) is 11.8 Å². The van der Waals surface area contributed by atoms with E-state index in [0.717, 1.165) is 11.8 Å². The van der Waals surface area contributed by atoms with Crippen LogP contribution < -0.4 is 5.32 Å². The van der Waals surface area contributed by atoms with Gasteiger partial charge in [-0.2, -0.15) is 0 Å². The second kappa shape index (κ2) is 5.86. The fraction of sp³-hybridized carbons (Fsp3) is 1.00. The van der Waals surface area contributed by atoms with Gasteiger partial charge in [0.05, 0.1) is 0 Å². The van der Waals surface area contributed by atoms with Gasteiger partial charge in [0.15, 0.2) is 0 Å². The Morgan fingerprint density at radius 3 is 2.40 bits per heavy atom. The lowest BCUT2D eigenvalue weighted by atomic mass is 9.89. The summed E-state index contributed by atoms with van der Waals surface area (Å²) in [6.07, 6.45) is 8.80. The molecule has 0 bridgehead atoms. The molecular weight excluding hydrogens is 184 g/mol. The van der Waals surface area contributed by atoms with Gasteiger partial charge in [0, 0.05) is 6.54 Å². The third-order valence-corrected chi connectivity index (χ3v) is 4.08. The minimum absolute atomic E-state index is 0.971. The third-order valence-electron chi connectivity index (χ3n) is 4.08. The van der Waals surface area contributed by atoms with Crippen LogP contribution in [-0.2, 0) is 0 Å². The molecule has 1 saturated heterocycles. The van der Waals surface area contributed by atoms with Crippen molar-refractivity contribution in [1.82, 2.24) is 10.2 Å². The Morgan fingerprint density at radius 1 is 1.07 bits per heavy atom. The first-order valence-electron chi connectivity index (χ1n) is 6.74. The molecule has 1 aliphatic heterocycles. The van der Waals surface area contributed by atoms with Crippen LogP contribution in [-0.4, -0.2) is 38.1 Å². The Morgan fingerprint density at radius 2 is 1.80 bits per heavy atom. The smallest absolute Gasteiger partial charge is 0.000661 e. The summed E-state index contributed by atoms with van der Waals surface area (Å²) in [5.74, 6) is 1.97. The van der Waals surface area contributed by atoms with Crippen molar-refractivity contribution < 1.29 is 0 Å². The minimum Gasteiger partial charge on any atom is -0.316 e. The molecule has 2 fully saturated rings. The summed E-state index contributed by atoms with van der Waals surface area (Å²) in [4.78, 5) is 2.56. The number of nitrogens with one attached hydrogen (secondary N) is 1. The maximum atomic E-state index is 3.35. The highest BCUT2D eigenvalue weighted by atomic mass is 15.1. The molecule has 0 unspecified atom stereocenters. The van der Waals surface area contributed by atoms with E-state index in [0.29, 0.717) is 0 Å². The topological polar surface area (TPSA) is 15.3 Å². The molecule has 15 heavy (non-hydrogen) atoms. The quantitative estimate of drug-likeness (QED) is 0.747. The number of nitrogens with zero attached hydrogens (tertiary/aromatic N) is 1. The average Bonchev–Trinajstić information content (AvgIpc) is 2.17. The second-order valence-electron chi connectivity index (χ2n) is 5.58. The second-order valence-corrected chi connectivity index (χ2v) is 5.58. The van der Waals surface area contributed by atoms with E-state index >= 15 is 0 Å². The molecule has 0 radical (unpaired) electrons. The van der Waals surface area contributed by atoms with E-state index in [1.807, 2.05) is 0 Å². The SMILES string of the molecule is CN(CCC1CNC1)CC1CCCCC1. The van der Waals surface area contributed by atoms with Gasteiger partial charge in [0.2, 0.25) is 0 Å². The zero-order valence-corrected chi connectivity index (χ0v) is 10.2. The van der Waals surface area contributed by atoms with Gasteiger partial charge < -0.3 is 10.2 Å². The first kappa shape index (κ1) is 11.4. The van der Waals surface area contributed by atoms with Gasteiger partial charge in [-0.25, -0.2) is 0 Å². The van der Waals surface area contributed by atoms with Crippen molar-refractivity contribution in [2.24, 2.45) is 11.8 Å². The lowest BCUT2D eigenvalue weighted by Gasteiger charge is -2.31. The van der Waals surface area contributed by atoms with Crippen LogP contribution in [0.1, 0.15) is 38.5 Å². The molecule has 2 heteroatoms. The molecular formula is C13H26N2. The van der Waals surface area contributed by atoms with Crippen LogP contribution in [0.4, 0.5) is 0 Å². The fourth-order valence-electron chi connectivity index (χ4n) is 2.86. The van der Waals surface area contributed by atoms with Crippen molar-refractivity contribution in [1.29, 1.82) is 0 Å². The first-order chi connectivity index (χ1) is 7.34. The molecule has 0 atom stereocenters. The summed E-state index contributed by atoms with van der Waals surface area (Å²) in [5, 5.41) is 3.35. The Labute approximate surface area is 94.4 Å². The monoisotopic (exact) mass is 210 g/mol. The Bertz CT molecular complexity index is 171. The molecule has 0 aromatic carbocycles. The molecule has 88 valence electrons. The Balaban J connectivity index is 1.56. The molecule has 1 saturated carbocycles. The van der Waals surface area contributed by atoms with Crippen molar-refractivity contribution in [3.05, 3.63) is 0 Å². The molecule has 2 aliphatic rings. The summed E-state index contributed by atoms with van der Waals surface area (Å²) in [5.41, 5.74) is 0. The van der Waals surface area contributed by atoms with Crippen molar-refractivity contribution in [2.45, 2.75) is 38.5 Å². The van der Waals surface area contributed by atoms with Crippen molar-refractivity contribution in [3.8, 4) is 0 Å². The van der Waals surface area contributed by atoms with E-state index < -0.39 is 0 Å². The fourth-order valence-corrected chi connectivity index (χ4v) is 2.86. The number of hydrogen-bond donors (Lipinski definition) is 1. The van der Waals surface area contributed by atoms with Crippen molar-refractivity contribution in [3.63, 3.8) is 0 Å². The van der Waals surface area contributed by atoms with Crippen LogP contribution in [0.5, 0.6) is 0 Å². The summed E-state index contributed by atoms with van der Waals surface area (Å²) < 4.78 is 0. The standard InChI is InChI=1S/C13H26N2/c1-15(8-7-13-9-14-10-13)11-12-5-3-2-4-6-12/h12-14H,2-11H2,1H3. The lowest BCUT2D eigenvalue weighted by Crippen LogP contribution is -2.43. The normalized spacial score (nSPS) is 24.4. The average molecular weight is 210 g/mol. The van der Waals surface area contributed by atoms with E-state index in [4.69, 9.17) is 0 Å². The van der Waals surface area contributed by atoms with E-state index in [1.54, 1.807) is 0 Å². The zero-order valence-electron chi connectivity index (χ0n) is 10.2. The van der Waals surface area contributed by atoms with Crippen LogP contribution in [0.15, 0.2) is 0 Å². The maximum absolute atomic E-state index is 3.35. The largest absolute Gasteiger partial charge is 0.316 e. The molecule has 2 nitrogen and oxygen atoms in total. The first-order valence-corrected chi connectivity index (χ1v) is 6.74. The van der Waals surface area contributed by atoms with Crippen LogP contribution in [0.25, 0.3) is 0 Å². The molecule has 1 N–H and O–H groups in total. The van der Waals surface area contributed by atoms with Crippen molar-refractivity contribution in [2.75, 3.05) is 33.2 Å².